The summed E-state index contributed by atoms with van der Waals surface area (Å²) < 4.78 is 5.46. The molecule has 1 aliphatic heterocycles. The number of hydrogen-bond donors (Lipinski definition) is 1. The first-order valence-corrected chi connectivity index (χ1v) is 11.4. The zero-order chi connectivity index (χ0) is 23.4. The van der Waals surface area contributed by atoms with E-state index in [1.54, 1.807) is 11.8 Å². The van der Waals surface area contributed by atoms with Crippen molar-refractivity contribution in [3.8, 4) is 12.3 Å². The Morgan fingerprint density at radius 1 is 1.24 bits per heavy atom. The minimum Gasteiger partial charge on any atom is -0.465 e. The summed E-state index contributed by atoms with van der Waals surface area (Å²) in [7, 11) is 0. The Morgan fingerprint density at radius 3 is 2.82 bits per heavy atom. The van der Waals surface area contributed by atoms with E-state index in [1.807, 2.05) is 48.5 Å². The first-order chi connectivity index (χ1) is 16.0. The Morgan fingerprint density at radius 2 is 2.03 bits per heavy atom. The van der Waals surface area contributed by atoms with Crippen molar-refractivity contribution in [1.82, 2.24) is 10.2 Å². The molecule has 170 valence electrons. The zero-order valence-corrected chi connectivity index (χ0v) is 18.8. The second kappa shape index (κ2) is 9.50. The number of carbonyl (C=O) groups is 3. The number of ether oxygens (including phenoxy) is 1. The predicted molar refractivity (Wildman–Crippen MR) is 125 cm³/mol. The highest BCUT2D eigenvalue weighted by atomic mass is 16.5. The van der Waals surface area contributed by atoms with Gasteiger partial charge in [0.15, 0.2) is 0 Å². The fourth-order valence-corrected chi connectivity index (χ4v) is 5.13. The molecule has 1 aliphatic carbocycles. The van der Waals surface area contributed by atoms with E-state index < -0.39 is 11.3 Å². The minimum atomic E-state index is -0.911. The molecule has 0 unspecified atom stereocenters. The number of nitrogens with zero attached hydrogens (tertiary/aromatic N) is 1. The first-order valence-electron chi connectivity index (χ1n) is 11.4. The summed E-state index contributed by atoms with van der Waals surface area (Å²) in [4.78, 5) is 41.0. The summed E-state index contributed by atoms with van der Waals surface area (Å²) in [6.45, 7) is 2.47. The van der Waals surface area contributed by atoms with Crippen molar-refractivity contribution in [3.63, 3.8) is 0 Å². The molecule has 2 atom stereocenters. The van der Waals surface area contributed by atoms with Crippen LogP contribution in [0.1, 0.15) is 38.2 Å². The molecule has 0 spiro atoms. The van der Waals surface area contributed by atoms with Gasteiger partial charge in [0, 0.05) is 18.0 Å². The van der Waals surface area contributed by atoms with Crippen LogP contribution in [0.5, 0.6) is 0 Å². The van der Waals surface area contributed by atoms with Crippen LogP contribution < -0.4 is 5.32 Å². The van der Waals surface area contributed by atoms with Gasteiger partial charge in [0.1, 0.15) is 5.41 Å². The second-order valence-electron chi connectivity index (χ2n) is 8.58. The number of terminal acetylenes is 1. The van der Waals surface area contributed by atoms with Crippen molar-refractivity contribution in [2.45, 2.75) is 39.2 Å². The summed E-state index contributed by atoms with van der Waals surface area (Å²) in [6, 6.07) is 14.0. The lowest BCUT2D eigenvalue weighted by Gasteiger charge is -2.44. The zero-order valence-electron chi connectivity index (χ0n) is 18.8. The molecule has 4 rings (SSSR count). The lowest BCUT2D eigenvalue weighted by Crippen LogP contribution is -2.52. The van der Waals surface area contributed by atoms with Gasteiger partial charge >= 0.3 is 5.97 Å². The van der Waals surface area contributed by atoms with Gasteiger partial charge in [-0.25, -0.2) is 0 Å². The van der Waals surface area contributed by atoms with Gasteiger partial charge in [-0.3, -0.25) is 14.4 Å². The number of allylic oxidation sites excluding steroid dienone is 1. The normalized spacial score (nSPS) is 21.8. The van der Waals surface area contributed by atoms with Gasteiger partial charge < -0.3 is 15.0 Å². The molecular weight excluding hydrogens is 416 g/mol. The molecule has 0 bridgehead atoms. The molecule has 2 amide bonds. The number of esters is 1. The number of nitrogens with one attached hydrogen (secondary N) is 1. The third-order valence-electron chi connectivity index (χ3n) is 6.59. The fourth-order valence-electron chi connectivity index (χ4n) is 5.13. The van der Waals surface area contributed by atoms with Crippen LogP contribution in [0, 0.1) is 23.7 Å². The standard InChI is InChI=1S/C27H28N2O4/c1-3-15-28-24(30)16-21-17-27(26(32)33-4-2)14-8-13-23(27)29(25(21)31)18-20-11-7-10-19-9-5-6-12-22(19)20/h1,5-7,9-13,21H,4,8,14-18H2,2H3,(H,28,30)/t21-,27+/m1/s1. The SMILES string of the molecule is C#CCNC(=O)C[C@@H]1C[C@@]2(C(=O)OCC)CCC=C2N(Cc2cccc3ccccc23)C1=O. The van der Waals surface area contributed by atoms with Gasteiger partial charge in [-0.2, -0.15) is 0 Å². The van der Waals surface area contributed by atoms with Crippen molar-refractivity contribution < 1.29 is 19.1 Å². The van der Waals surface area contributed by atoms with E-state index >= 15 is 0 Å². The largest absolute Gasteiger partial charge is 0.465 e. The lowest BCUT2D eigenvalue weighted by molar-refractivity contribution is -0.161. The Bertz CT molecular complexity index is 1160. The van der Waals surface area contributed by atoms with E-state index in [1.165, 1.54) is 0 Å². The number of amides is 2. The van der Waals surface area contributed by atoms with Crippen LogP contribution in [0.2, 0.25) is 0 Å². The number of piperidine rings is 1. The van der Waals surface area contributed by atoms with E-state index in [9.17, 15) is 14.4 Å². The fraction of sp³-hybridized carbons (Fsp3) is 0.370. The number of fused-ring (bicyclic) bond motifs is 2. The van der Waals surface area contributed by atoms with Crippen LogP contribution in [0.4, 0.5) is 0 Å². The van der Waals surface area contributed by atoms with Crippen LogP contribution in [0.3, 0.4) is 0 Å². The molecule has 33 heavy (non-hydrogen) atoms. The van der Waals surface area contributed by atoms with Crippen molar-refractivity contribution in [2.24, 2.45) is 11.3 Å². The Hall–Kier alpha value is -3.59. The Labute approximate surface area is 194 Å². The lowest BCUT2D eigenvalue weighted by atomic mass is 9.71. The van der Waals surface area contributed by atoms with Gasteiger partial charge in [-0.15, -0.1) is 6.42 Å². The van der Waals surface area contributed by atoms with Crippen LogP contribution in [0.15, 0.2) is 54.2 Å². The summed E-state index contributed by atoms with van der Waals surface area (Å²) in [5.74, 6) is 0.989. The maximum atomic E-state index is 13.7. The topological polar surface area (TPSA) is 75.7 Å². The summed E-state index contributed by atoms with van der Waals surface area (Å²) >= 11 is 0. The van der Waals surface area contributed by atoms with Crippen LogP contribution in [-0.2, 0) is 25.7 Å². The maximum Gasteiger partial charge on any atom is 0.318 e. The van der Waals surface area contributed by atoms with Crippen LogP contribution in [0.25, 0.3) is 10.8 Å². The molecule has 6 heteroatoms. The average Bonchev–Trinajstić information content (AvgIpc) is 3.25. The van der Waals surface area contributed by atoms with Gasteiger partial charge in [0.05, 0.1) is 19.7 Å². The van der Waals surface area contributed by atoms with Crippen LogP contribution >= 0.6 is 0 Å². The number of hydrogen-bond acceptors (Lipinski definition) is 4. The average molecular weight is 445 g/mol. The summed E-state index contributed by atoms with van der Waals surface area (Å²) in [5.41, 5.74) is 0.787. The Balaban J connectivity index is 1.72. The number of rotatable bonds is 7. The highest BCUT2D eigenvalue weighted by Crippen LogP contribution is 2.51. The summed E-state index contributed by atoms with van der Waals surface area (Å²) in [6.07, 6.45) is 8.74. The third kappa shape index (κ3) is 4.23. The smallest absolute Gasteiger partial charge is 0.318 e. The molecule has 1 heterocycles. The molecule has 1 N–H and O–H groups in total. The van der Waals surface area contributed by atoms with Gasteiger partial charge in [-0.05, 0) is 42.5 Å². The van der Waals surface area contributed by atoms with Crippen molar-refractivity contribution in [2.75, 3.05) is 13.2 Å². The number of benzene rings is 2. The van der Waals surface area contributed by atoms with E-state index in [0.717, 1.165) is 16.3 Å². The van der Waals surface area contributed by atoms with Crippen LogP contribution in [-0.4, -0.2) is 35.8 Å². The highest BCUT2D eigenvalue weighted by Gasteiger charge is 2.55. The van der Waals surface area contributed by atoms with Crippen molar-refractivity contribution in [3.05, 3.63) is 59.8 Å². The van der Waals surface area contributed by atoms with Gasteiger partial charge in [0.2, 0.25) is 11.8 Å². The molecule has 0 radical (unpaired) electrons. The molecule has 2 aromatic rings. The Kier molecular flexibility index (Phi) is 6.50. The number of carbonyl (C=O) groups excluding carboxylic acids is 3. The minimum absolute atomic E-state index is 0.0129. The second-order valence-corrected chi connectivity index (χ2v) is 8.58. The molecule has 1 saturated heterocycles. The number of likely N-dealkylation sites (tertiary alicyclic amines) is 1. The molecule has 6 nitrogen and oxygen atoms in total. The third-order valence-corrected chi connectivity index (χ3v) is 6.59. The molecule has 2 aliphatic rings. The molecule has 0 aromatic heterocycles. The molecule has 1 fully saturated rings. The summed E-state index contributed by atoms with van der Waals surface area (Å²) in [5, 5.41) is 4.78. The van der Waals surface area contributed by atoms with Crippen molar-refractivity contribution in [1.29, 1.82) is 0 Å². The predicted octanol–water partition coefficient (Wildman–Crippen LogP) is 3.56. The molecule has 0 saturated carbocycles. The first kappa shape index (κ1) is 22.6. The molecular formula is C27H28N2O4. The quantitative estimate of drug-likeness (QED) is 0.523. The van der Waals surface area contributed by atoms with E-state index in [-0.39, 0.29) is 43.8 Å². The molecule has 2 aromatic carbocycles. The van der Waals surface area contributed by atoms with E-state index in [2.05, 4.69) is 11.2 Å². The highest BCUT2D eigenvalue weighted by molar-refractivity contribution is 5.93. The maximum absolute atomic E-state index is 13.7. The van der Waals surface area contributed by atoms with E-state index in [4.69, 9.17) is 11.2 Å². The van der Waals surface area contributed by atoms with E-state index in [0.29, 0.717) is 25.1 Å². The van der Waals surface area contributed by atoms with Crippen molar-refractivity contribution >= 4 is 28.6 Å². The van der Waals surface area contributed by atoms with Gasteiger partial charge in [-0.1, -0.05) is 54.5 Å². The van der Waals surface area contributed by atoms with Gasteiger partial charge in [0.25, 0.3) is 0 Å². The monoisotopic (exact) mass is 444 g/mol.